The quantitative estimate of drug-likeness (QED) is 0.917. The fourth-order valence-electron chi connectivity index (χ4n) is 1.34. The van der Waals surface area contributed by atoms with E-state index in [0.717, 1.165) is 10.0 Å². The zero-order valence-corrected chi connectivity index (χ0v) is 10.4. The average Bonchev–Trinajstić information content (AvgIpc) is 2.14. The molecule has 0 radical (unpaired) electrons. The van der Waals surface area contributed by atoms with Gasteiger partial charge in [0.25, 0.3) is 0 Å². The Morgan fingerprint density at radius 1 is 1.47 bits per heavy atom. The molecule has 0 saturated carbocycles. The van der Waals surface area contributed by atoms with Crippen LogP contribution in [0, 0.1) is 5.82 Å². The Morgan fingerprint density at radius 3 is 2.67 bits per heavy atom. The van der Waals surface area contributed by atoms with Gasteiger partial charge in [0, 0.05) is 17.6 Å². The van der Waals surface area contributed by atoms with E-state index in [1.165, 1.54) is 12.1 Å². The molecule has 84 valence electrons. The fraction of sp³-hybridized carbons (Fsp3) is 0.455. The maximum atomic E-state index is 13.1. The molecule has 2 unspecified atom stereocenters. The minimum Gasteiger partial charge on any atom is -0.380 e. The normalized spacial score (nSPS) is 15.0. The van der Waals surface area contributed by atoms with Crippen molar-refractivity contribution in [3.63, 3.8) is 0 Å². The fourth-order valence-corrected chi connectivity index (χ4v) is 1.85. The van der Waals surface area contributed by atoms with Gasteiger partial charge < -0.3 is 10.5 Å². The lowest BCUT2D eigenvalue weighted by molar-refractivity contribution is 0.0955. The summed E-state index contributed by atoms with van der Waals surface area (Å²) in [6.45, 7) is 1.90. The van der Waals surface area contributed by atoms with E-state index in [9.17, 15) is 4.39 Å². The molecular formula is C11H15BrFNO. The standard InChI is InChI=1S/C11H15BrFNO/c1-7(15-2)11(14)5-8-3-9(12)6-10(13)4-8/h3-4,6-7,11H,5,14H2,1-2H3. The molecule has 0 amide bonds. The highest BCUT2D eigenvalue weighted by atomic mass is 79.9. The van der Waals surface area contributed by atoms with Gasteiger partial charge in [-0.3, -0.25) is 0 Å². The van der Waals surface area contributed by atoms with Gasteiger partial charge in [0.1, 0.15) is 5.82 Å². The molecule has 0 fully saturated rings. The molecule has 1 aromatic carbocycles. The smallest absolute Gasteiger partial charge is 0.124 e. The van der Waals surface area contributed by atoms with Crippen molar-refractivity contribution in [2.24, 2.45) is 5.73 Å². The molecule has 2 nitrogen and oxygen atoms in total. The van der Waals surface area contributed by atoms with Crippen LogP contribution in [0.1, 0.15) is 12.5 Å². The van der Waals surface area contributed by atoms with Crippen molar-refractivity contribution in [1.29, 1.82) is 0 Å². The Morgan fingerprint density at radius 2 is 2.13 bits per heavy atom. The number of hydrogen-bond donors (Lipinski definition) is 1. The van der Waals surface area contributed by atoms with Crippen LogP contribution in [0.3, 0.4) is 0 Å². The summed E-state index contributed by atoms with van der Waals surface area (Å²) in [5, 5.41) is 0. The van der Waals surface area contributed by atoms with E-state index >= 15 is 0 Å². The summed E-state index contributed by atoms with van der Waals surface area (Å²) >= 11 is 3.24. The molecule has 0 aliphatic rings. The minimum absolute atomic E-state index is 0.0351. The maximum absolute atomic E-state index is 13.1. The summed E-state index contributed by atoms with van der Waals surface area (Å²) in [4.78, 5) is 0. The summed E-state index contributed by atoms with van der Waals surface area (Å²) in [6.07, 6.45) is 0.567. The van der Waals surface area contributed by atoms with Crippen molar-refractivity contribution in [1.82, 2.24) is 0 Å². The Kier molecular flexibility index (Phi) is 4.70. The highest BCUT2D eigenvalue weighted by Crippen LogP contribution is 2.16. The third kappa shape index (κ3) is 3.89. The number of halogens is 2. The first-order chi connectivity index (χ1) is 7.02. The molecule has 1 rings (SSSR count). The van der Waals surface area contributed by atoms with Gasteiger partial charge in [-0.05, 0) is 37.1 Å². The number of ether oxygens (including phenoxy) is 1. The highest BCUT2D eigenvalue weighted by molar-refractivity contribution is 9.10. The zero-order valence-electron chi connectivity index (χ0n) is 8.84. The SMILES string of the molecule is COC(C)C(N)Cc1cc(F)cc(Br)c1. The van der Waals surface area contributed by atoms with Crippen LogP contribution in [-0.2, 0) is 11.2 Å². The maximum Gasteiger partial charge on any atom is 0.124 e. The van der Waals surface area contributed by atoms with Crippen molar-refractivity contribution in [2.75, 3.05) is 7.11 Å². The van der Waals surface area contributed by atoms with Gasteiger partial charge >= 0.3 is 0 Å². The van der Waals surface area contributed by atoms with Gasteiger partial charge in [-0.1, -0.05) is 15.9 Å². The van der Waals surface area contributed by atoms with E-state index in [-0.39, 0.29) is 18.0 Å². The first-order valence-corrected chi connectivity index (χ1v) is 5.55. The van der Waals surface area contributed by atoms with Crippen molar-refractivity contribution in [2.45, 2.75) is 25.5 Å². The number of methoxy groups -OCH3 is 1. The number of hydrogen-bond acceptors (Lipinski definition) is 2. The molecule has 2 N–H and O–H groups in total. The van der Waals surface area contributed by atoms with Crippen molar-refractivity contribution < 1.29 is 9.13 Å². The minimum atomic E-state index is -0.253. The summed E-state index contributed by atoms with van der Waals surface area (Å²) in [6, 6.07) is 4.66. The predicted molar refractivity (Wildman–Crippen MR) is 62.3 cm³/mol. The molecular weight excluding hydrogens is 261 g/mol. The lowest BCUT2D eigenvalue weighted by atomic mass is 10.0. The Hall–Kier alpha value is -0.450. The lowest BCUT2D eigenvalue weighted by Crippen LogP contribution is -2.35. The Labute approximate surface area is 97.7 Å². The first-order valence-electron chi connectivity index (χ1n) is 4.76. The van der Waals surface area contributed by atoms with E-state index in [2.05, 4.69) is 15.9 Å². The van der Waals surface area contributed by atoms with Crippen LogP contribution in [0.5, 0.6) is 0 Å². The second-order valence-electron chi connectivity index (χ2n) is 3.59. The topological polar surface area (TPSA) is 35.2 Å². The van der Waals surface area contributed by atoms with Crippen molar-refractivity contribution in [3.05, 3.63) is 34.1 Å². The van der Waals surface area contributed by atoms with Gasteiger partial charge in [-0.2, -0.15) is 0 Å². The van der Waals surface area contributed by atoms with Crippen LogP contribution < -0.4 is 5.73 Å². The van der Waals surface area contributed by atoms with E-state index in [1.54, 1.807) is 7.11 Å². The van der Waals surface area contributed by atoms with Crippen LogP contribution in [0.2, 0.25) is 0 Å². The molecule has 0 heterocycles. The Bertz CT molecular complexity index is 312. The summed E-state index contributed by atoms with van der Waals surface area (Å²) in [5.74, 6) is -0.253. The molecule has 0 aliphatic carbocycles. The second kappa shape index (κ2) is 5.58. The molecule has 0 bridgehead atoms. The van der Waals surface area contributed by atoms with Crippen LogP contribution >= 0.6 is 15.9 Å². The molecule has 0 aliphatic heterocycles. The average molecular weight is 276 g/mol. The third-order valence-corrected chi connectivity index (χ3v) is 2.83. The molecule has 1 aromatic rings. The summed E-state index contributed by atoms with van der Waals surface area (Å²) in [5.41, 5.74) is 6.77. The van der Waals surface area contributed by atoms with E-state index < -0.39 is 0 Å². The molecule has 15 heavy (non-hydrogen) atoms. The third-order valence-electron chi connectivity index (χ3n) is 2.37. The predicted octanol–water partition coefficient (Wildman–Crippen LogP) is 2.49. The highest BCUT2D eigenvalue weighted by Gasteiger charge is 2.13. The molecule has 0 aromatic heterocycles. The zero-order chi connectivity index (χ0) is 11.4. The van der Waals surface area contributed by atoms with E-state index in [1.807, 2.05) is 13.0 Å². The van der Waals surface area contributed by atoms with Crippen molar-refractivity contribution in [3.8, 4) is 0 Å². The number of benzene rings is 1. The molecule has 0 spiro atoms. The van der Waals surface area contributed by atoms with Crippen LogP contribution in [0.15, 0.2) is 22.7 Å². The summed E-state index contributed by atoms with van der Waals surface area (Å²) in [7, 11) is 1.62. The number of rotatable bonds is 4. The van der Waals surface area contributed by atoms with Crippen LogP contribution in [0.4, 0.5) is 4.39 Å². The summed E-state index contributed by atoms with van der Waals surface area (Å²) < 4.78 is 18.9. The van der Waals surface area contributed by atoms with Gasteiger partial charge in [-0.25, -0.2) is 4.39 Å². The second-order valence-corrected chi connectivity index (χ2v) is 4.50. The van der Waals surface area contributed by atoms with Gasteiger partial charge in [0.2, 0.25) is 0 Å². The van der Waals surface area contributed by atoms with E-state index in [4.69, 9.17) is 10.5 Å². The molecule has 0 saturated heterocycles. The van der Waals surface area contributed by atoms with Gasteiger partial charge in [-0.15, -0.1) is 0 Å². The monoisotopic (exact) mass is 275 g/mol. The lowest BCUT2D eigenvalue weighted by Gasteiger charge is -2.18. The first kappa shape index (κ1) is 12.6. The molecule has 4 heteroatoms. The number of nitrogens with two attached hydrogens (primary N) is 1. The van der Waals surface area contributed by atoms with Gasteiger partial charge in [0.05, 0.1) is 6.10 Å². The molecule has 2 atom stereocenters. The van der Waals surface area contributed by atoms with E-state index in [0.29, 0.717) is 6.42 Å². The van der Waals surface area contributed by atoms with Gasteiger partial charge in [0.15, 0.2) is 0 Å². The van der Waals surface area contributed by atoms with Crippen LogP contribution in [0.25, 0.3) is 0 Å². The van der Waals surface area contributed by atoms with Crippen molar-refractivity contribution >= 4 is 15.9 Å². The van der Waals surface area contributed by atoms with Crippen LogP contribution in [-0.4, -0.2) is 19.3 Å². The largest absolute Gasteiger partial charge is 0.380 e. The Balaban J connectivity index is 2.72.